The van der Waals surface area contributed by atoms with Crippen LogP contribution in [0.5, 0.6) is 0 Å². The summed E-state index contributed by atoms with van der Waals surface area (Å²) in [6.45, 7) is 10.5. The molecule has 0 bridgehead atoms. The largest absolute Gasteiger partial charge is 0.465 e. The number of carbonyl (C=O) groups excluding carboxylic acids is 1. The fourth-order valence-corrected chi connectivity index (χ4v) is 4.25. The molecule has 2 N–H and O–H groups in total. The first kappa shape index (κ1) is 20.6. The summed E-state index contributed by atoms with van der Waals surface area (Å²) in [4.78, 5) is 19.3. The zero-order valence-corrected chi connectivity index (χ0v) is 17.1. The van der Waals surface area contributed by atoms with E-state index in [2.05, 4.69) is 44.1 Å². The fraction of sp³-hybridized carbons (Fsp3) is 0.619. The zero-order chi connectivity index (χ0) is 19.9. The molecule has 0 radical (unpaired) electrons. The van der Waals surface area contributed by atoms with E-state index in [0.717, 1.165) is 57.7 Å². The highest BCUT2D eigenvalue weighted by Crippen LogP contribution is 2.22. The van der Waals surface area contributed by atoms with E-state index >= 15 is 0 Å². The maximum atomic E-state index is 12.0. The maximum absolute atomic E-state index is 12.0. The number of nitrogens with zero attached hydrogens (tertiary/aromatic N) is 4. The van der Waals surface area contributed by atoms with E-state index in [1.54, 1.807) is 6.21 Å². The van der Waals surface area contributed by atoms with Gasteiger partial charge in [0.05, 0.1) is 12.8 Å². The average molecular weight is 388 g/mol. The Kier molecular flexibility index (Phi) is 7.28. The highest BCUT2D eigenvalue weighted by molar-refractivity contribution is 5.80. The molecular formula is C21H33N5O2. The maximum Gasteiger partial charge on any atom is 0.323 e. The number of nitrogens with two attached hydrogens (primary N) is 1. The van der Waals surface area contributed by atoms with Gasteiger partial charge in [-0.1, -0.05) is 12.1 Å². The van der Waals surface area contributed by atoms with Crippen LogP contribution in [-0.4, -0.2) is 79.9 Å². The quantitative estimate of drug-likeness (QED) is 0.345. The van der Waals surface area contributed by atoms with Gasteiger partial charge >= 0.3 is 5.97 Å². The predicted molar refractivity (Wildman–Crippen MR) is 113 cm³/mol. The number of anilines is 1. The Morgan fingerprint density at radius 3 is 2.39 bits per heavy atom. The van der Waals surface area contributed by atoms with Gasteiger partial charge in [0.25, 0.3) is 0 Å². The molecule has 2 aliphatic heterocycles. The lowest BCUT2D eigenvalue weighted by Gasteiger charge is -2.44. The molecule has 7 heteroatoms. The van der Waals surface area contributed by atoms with Crippen molar-refractivity contribution >= 4 is 17.9 Å². The Hall–Kier alpha value is -2.12. The molecule has 2 saturated heterocycles. The Labute approximate surface area is 168 Å². The third kappa shape index (κ3) is 5.02. The molecule has 2 fully saturated rings. The summed E-state index contributed by atoms with van der Waals surface area (Å²) >= 11 is 0. The minimum atomic E-state index is -0.134. The molecule has 28 heavy (non-hydrogen) atoms. The number of hydrogen-bond donors (Lipinski definition) is 1. The lowest BCUT2D eigenvalue weighted by molar-refractivity contribution is -0.149. The summed E-state index contributed by atoms with van der Waals surface area (Å²) in [6, 6.07) is 8.88. The standard InChI is InChI=1S/C21H33N5O2/c1-3-28-21(27)17(2)24-10-8-20(9-11-24)26-14-12-25(13-15-26)19-6-4-18(5-7-19)16-23-22/h4-7,16-17,20H,3,8-15,22H2,1-2H3. The number of piperidine rings is 1. The first-order valence-electron chi connectivity index (χ1n) is 10.4. The monoisotopic (exact) mass is 387 g/mol. The molecule has 154 valence electrons. The van der Waals surface area contributed by atoms with Crippen molar-refractivity contribution in [3.63, 3.8) is 0 Å². The third-order valence-electron chi connectivity index (χ3n) is 5.99. The number of rotatable bonds is 6. The van der Waals surface area contributed by atoms with E-state index in [9.17, 15) is 4.79 Å². The van der Waals surface area contributed by atoms with Gasteiger partial charge in [0.1, 0.15) is 6.04 Å². The number of piperazine rings is 1. The van der Waals surface area contributed by atoms with Crippen molar-refractivity contribution in [1.29, 1.82) is 0 Å². The van der Waals surface area contributed by atoms with Crippen LogP contribution in [0.4, 0.5) is 5.69 Å². The normalized spacial score (nSPS) is 21.1. The van der Waals surface area contributed by atoms with Crippen molar-refractivity contribution in [2.24, 2.45) is 10.9 Å². The molecule has 2 aliphatic rings. The summed E-state index contributed by atoms with van der Waals surface area (Å²) < 4.78 is 5.16. The molecule has 0 saturated carbocycles. The fourth-order valence-electron chi connectivity index (χ4n) is 4.25. The van der Waals surface area contributed by atoms with Gasteiger partial charge in [-0.05, 0) is 44.4 Å². The summed E-state index contributed by atoms with van der Waals surface area (Å²) in [5.74, 6) is 5.11. The number of esters is 1. The van der Waals surface area contributed by atoms with Crippen LogP contribution in [0.25, 0.3) is 0 Å². The van der Waals surface area contributed by atoms with Crippen molar-refractivity contribution in [3.05, 3.63) is 29.8 Å². The highest BCUT2D eigenvalue weighted by atomic mass is 16.5. The topological polar surface area (TPSA) is 74.4 Å². The van der Waals surface area contributed by atoms with Gasteiger partial charge in [0, 0.05) is 51.0 Å². The van der Waals surface area contributed by atoms with Gasteiger partial charge in [-0.15, -0.1) is 0 Å². The molecule has 1 atom stereocenters. The summed E-state index contributed by atoms with van der Waals surface area (Å²) in [5, 5.41) is 3.57. The molecule has 1 aromatic carbocycles. The van der Waals surface area contributed by atoms with Crippen LogP contribution in [0.2, 0.25) is 0 Å². The molecule has 7 nitrogen and oxygen atoms in total. The van der Waals surface area contributed by atoms with E-state index in [0.29, 0.717) is 12.6 Å². The van der Waals surface area contributed by atoms with Gasteiger partial charge in [0.2, 0.25) is 0 Å². The first-order valence-corrected chi connectivity index (χ1v) is 10.4. The predicted octanol–water partition coefficient (Wildman–Crippen LogP) is 1.52. The molecular weight excluding hydrogens is 354 g/mol. The lowest BCUT2D eigenvalue weighted by atomic mass is 10.0. The van der Waals surface area contributed by atoms with Crippen molar-refractivity contribution in [2.45, 2.75) is 38.8 Å². The first-order chi connectivity index (χ1) is 13.6. The molecule has 3 rings (SSSR count). The van der Waals surface area contributed by atoms with Crippen LogP contribution in [0.3, 0.4) is 0 Å². The van der Waals surface area contributed by atoms with Gasteiger partial charge < -0.3 is 15.5 Å². The molecule has 2 heterocycles. The van der Waals surface area contributed by atoms with Crippen LogP contribution < -0.4 is 10.7 Å². The zero-order valence-electron chi connectivity index (χ0n) is 17.1. The molecule has 1 aromatic rings. The summed E-state index contributed by atoms with van der Waals surface area (Å²) in [6.07, 6.45) is 3.91. The number of likely N-dealkylation sites (tertiary alicyclic amines) is 1. The van der Waals surface area contributed by atoms with Crippen molar-refractivity contribution in [2.75, 3.05) is 50.8 Å². The van der Waals surface area contributed by atoms with E-state index in [4.69, 9.17) is 10.6 Å². The summed E-state index contributed by atoms with van der Waals surface area (Å²) in [7, 11) is 0. The molecule has 0 aromatic heterocycles. The molecule has 0 spiro atoms. The van der Waals surface area contributed by atoms with Gasteiger partial charge in [-0.2, -0.15) is 5.10 Å². The van der Waals surface area contributed by atoms with E-state index in [1.165, 1.54) is 5.69 Å². The van der Waals surface area contributed by atoms with E-state index in [1.807, 2.05) is 13.8 Å². The van der Waals surface area contributed by atoms with Gasteiger partial charge in [-0.3, -0.25) is 14.6 Å². The number of hydrazone groups is 1. The molecule has 1 unspecified atom stereocenters. The summed E-state index contributed by atoms with van der Waals surface area (Å²) in [5.41, 5.74) is 2.28. The third-order valence-corrected chi connectivity index (χ3v) is 5.99. The van der Waals surface area contributed by atoms with Crippen molar-refractivity contribution < 1.29 is 9.53 Å². The number of benzene rings is 1. The Morgan fingerprint density at radius 2 is 1.82 bits per heavy atom. The smallest absolute Gasteiger partial charge is 0.323 e. The Morgan fingerprint density at radius 1 is 1.18 bits per heavy atom. The van der Waals surface area contributed by atoms with Gasteiger partial charge in [-0.25, -0.2) is 0 Å². The number of carbonyl (C=O) groups is 1. The minimum absolute atomic E-state index is 0.0988. The van der Waals surface area contributed by atoms with Crippen LogP contribution in [-0.2, 0) is 9.53 Å². The van der Waals surface area contributed by atoms with Gasteiger partial charge in [0.15, 0.2) is 0 Å². The second kappa shape index (κ2) is 9.89. The van der Waals surface area contributed by atoms with Crippen LogP contribution in [0, 0.1) is 0 Å². The second-order valence-corrected chi connectivity index (χ2v) is 7.59. The minimum Gasteiger partial charge on any atom is -0.465 e. The van der Waals surface area contributed by atoms with Crippen LogP contribution in [0.15, 0.2) is 29.4 Å². The Balaban J connectivity index is 1.45. The molecule has 0 amide bonds. The van der Waals surface area contributed by atoms with Crippen molar-refractivity contribution in [1.82, 2.24) is 9.80 Å². The average Bonchev–Trinajstić information content (AvgIpc) is 2.74. The van der Waals surface area contributed by atoms with E-state index < -0.39 is 0 Å². The SMILES string of the molecule is CCOC(=O)C(C)N1CCC(N2CCN(c3ccc(C=NN)cc3)CC2)CC1. The Bertz CT molecular complexity index is 647. The van der Waals surface area contributed by atoms with Crippen LogP contribution >= 0.6 is 0 Å². The highest BCUT2D eigenvalue weighted by Gasteiger charge is 2.31. The van der Waals surface area contributed by atoms with Crippen LogP contribution in [0.1, 0.15) is 32.3 Å². The van der Waals surface area contributed by atoms with Crippen molar-refractivity contribution in [3.8, 4) is 0 Å². The second-order valence-electron chi connectivity index (χ2n) is 7.59. The number of ether oxygens (including phenoxy) is 1. The number of hydrogen-bond acceptors (Lipinski definition) is 7. The lowest BCUT2D eigenvalue weighted by Crippen LogP contribution is -2.54. The van der Waals surface area contributed by atoms with E-state index in [-0.39, 0.29) is 12.0 Å². The molecule has 0 aliphatic carbocycles.